The summed E-state index contributed by atoms with van der Waals surface area (Å²) in [7, 11) is 1.78. The molecule has 1 atom stereocenters. The molecule has 170 valence electrons. The lowest BCUT2D eigenvalue weighted by atomic mass is 9.97. The predicted molar refractivity (Wildman–Crippen MR) is 138 cm³/mol. The van der Waals surface area contributed by atoms with Gasteiger partial charge >= 0.3 is 0 Å². The molecule has 7 nitrogen and oxygen atoms in total. The predicted octanol–water partition coefficient (Wildman–Crippen LogP) is 2.94. The van der Waals surface area contributed by atoms with E-state index in [1.54, 1.807) is 18.4 Å². The van der Waals surface area contributed by atoms with Crippen LogP contribution in [-0.4, -0.2) is 41.9 Å². The second-order valence-corrected chi connectivity index (χ2v) is 9.11. The van der Waals surface area contributed by atoms with Crippen LogP contribution in [0.1, 0.15) is 39.5 Å². The molecule has 1 aromatic carbocycles. The maximum absolute atomic E-state index is 11.5. The second kappa shape index (κ2) is 12.4. The summed E-state index contributed by atoms with van der Waals surface area (Å²) in [5, 5.41) is 7.83. The number of rotatable bonds is 7. The van der Waals surface area contributed by atoms with Crippen molar-refractivity contribution in [2.75, 3.05) is 20.1 Å². The summed E-state index contributed by atoms with van der Waals surface area (Å²) < 4.78 is 0. The number of hydrogen-bond donors (Lipinski definition) is 3. The number of carbonyl (C=O) groups excluding carboxylic acids is 1. The van der Waals surface area contributed by atoms with E-state index in [-0.39, 0.29) is 35.8 Å². The molecule has 2 heterocycles. The Hall–Kier alpha value is -1.72. The van der Waals surface area contributed by atoms with Gasteiger partial charge in [-0.05, 0) is 44.4 Å². The first-order valence-corrected chi connectivity index (χ1v) is 11.2. The second-order valence-electron chi connectivity index (χ2n) is 7.82. The number of piperidine rings is 1. The zero-order valence-electron chi connectivity index (χ0n) is 18.5. The van der Waals surface area contributed by atoms with E-state index >= 15 is 0 Å². The van der Waals surface area contributed by atoms with E-state index in [9.17, 15) is 4.79 Å². The number of halogens is 1. The quantitative estimate of drug-likeness (QED) is 0.277. The van der Waals surface area contributed by atoms with E-state index in [0.29, 0.717) is 13.1 Å². The van der Waals surface area contributed by atoms with Gasteiger partial charge in [-0.15, -0.1) is 35.3 Å². The molecule has 0 saturated carbocycles. The molecule has 1 aliphatic heterocycles. The Morgan fingerprint density at radius 2 is 2.03 bits per heavy atom. The smallest absolute Gasteiger partial charge is 0.221 e. The third-order valence-corrected chi connectivity index (χ3v) is 6.48. The van der Waals surface area contributed by atoms with Crippen LogP contribution < -0.4 is 16.4 Å². The van der Waals surface area contributed by atoms with Crippen molar-refractivity contribution in [3.05, 3.63) is 51.0 Å². The molecule has 9 heteroatoms. The summed E-state index contributed by atoms with van der Waals surface area (Å²) >= 11 is 1.71. The molecule has 0 bridgehead atoms. The minimum atomic E-state index is -0.180. The van der Waals surface area contributed by atoms with Crippen LogP contribution in [-0.2, 0) is 24.4 Å². The zero-order valence-corrected chi connectivity index (χ0v) is 21.6. The fourth-order valence-corrected chi connectivity index (χ4v) is 4.71. The number of likely N-dealkylation sites (tertiary alicyclic amines) is 1. The van der Waals surface area contributed by atoms with Gasteiger partial charge in [-0.1, -0.05) is 24.3 Å². The number of carbonyl (C=O) groups is 1. The van der Waals surface area contributed by atoms with E-state index in [2.05, 4.69) is 49.8 Å². The summed E-state index contributed by atoms with van der Waals surface area (Å²) in [6.45, 7) is 8.08. The van der Waals surface area contributed by atoms with Crippen LogP contribution >= 0.6 is 35.3 Å². The van der Waals surface area contributed by atoms with Crippen LogP contribution in [0.15, 0.2) is 29.3 Å². The molecule has 2 aromatic rings. The van der Waals surface area contributed by atoms with Gasteiger partial charge in [-0.25, -0.2) is 4.98 Å². The third kappa shape index (κ3) is 7.73. The minimum Gasteiger partial charge on any atom is -0.369 e. The van der Waals surface area contributed by atoms with Crippen LogP contribution in [0.2, 0.25) is 0 Å². The number of benzene rings is 1. The maximum atomic E-state index is 11.5. The average molecular weight is 557 g/mol. The van der Waals surface area contributed by atoms with Crippen molar-refractivity contribution in [1.82, 2.24) is 20.5 Å². The number of guanidine groups is 1. The van der Waals surface area contributed by atoms with E-state index < -0.39 is 0 Å². The molecule has 1 aliphatic rings. The molecule has 31 heavy (non-hydrogen) atoms. The number of primary amides is 1. The van der Waals surface area contributed by atoms with Gasteiger partial charge in [0.25, 0.3) is 0 Å². The highest BCUT2D eigenvalue weighted by atomic mass is 127. The first kappa shape index (κ1) is 25.5. The van der Waals surface area contributed by atoms with E-state index in [1.165, 1.54) is 16.0 Å². The van der Waals surface area contributed by atoms with Gasteiger partial charge in [0.05, 0.1) is 23.2 Å². The lowest BCUT2D eigenvalue weighted by Gasteiger charge is -2.31. The number of nitrogens with one attached hydrogen (secondary N) is 2. The molecular formula is C22H33IN6OS. The minimum absolute atomic E-state index is 0. The summed E-state index contributed by atoms with van der Waals surface area (Å²) in [6.07, 6.45) is 1.93. The van der Waals surface area contributed by atoms with Crippen LogP contribution in [0.25, 0.3) is 0 Å². The van der Waals surface area contributed by atoms with Crippen molar-refractivity contribution in [3.8, 4) is 0 Å². The fourth-order valence-electron chi connectivity index (χ4n) is 3.84. The number of aliphatic imine (C=N–C) groups is 1. The highest BCUT2D eigenvalue weighted by Gasteiger charge is 2.23. The first-order chi connectivity index (χ1) is 14.4. The Bertz CT molecular complexity index is 900. The Balaban J connectivity index is 0.00000341. The highest BCUT2D eigenvalue weighted by molar-refractivity contribution is 14.0. The maximum Gasteiger partial charge on any atom is 0.221 e. The van der Waals surface area contributed by atoms with Crippen molar-refractivity contribution in [3.63, 3.8) is 0 Å². The largest absolute Gasteiger partial charge is 0.369 e. The topological polar surface area (TPSA) is 95.6 Å². The number of thiazole rings is 1. The lowest BCUT2D eigenvalue weighted by molar-refractivity contribution is -0.123. The third-order valence-electron chi connectivity index (χ3n) is 5.41. The highest BCUT2D eigenvalue weighted by Crippen LogP contribution is 2.19. The standard InChI is InChI=1S/C22H32N6OS.HI/c1-15-20(30-16(2)27-15)12-26-22(24-3)25-11-17-6-4-7-18(10-17)13-28-9-5-8-19(14-28)21(23)29;/h4,6-7,10,19H,5,8-9,11-14H2,1-3H3,(H2,23,29)(H2,24,25,26);1H. The zero-order chi connectivity index (χ0) is 21.5. The van der Waals surface area contributed by atoms with Gasteiger partial charge < -0.3 is 16.4 Å². The summed E-state index contributed by atoms with van der Waals surface area (Å²) in [5.74, 6) is 0.565. The van der Waals surface area contributed by atoms with Crippen molar-refractivity contribution < 1.29 is 4.79 Å². The van der Waals surface area contributed by atoms with Gasteiger partial charge in [0, 0.05) is 31.6 Å². The monoisotopic (exact) mass is 556 g/mol. The van der Waals surface area contributed by atoms with Crippen molar-refractivity contribution in [2.45, 2.75) is 46.3 Å². The molecular weight excluding hydrogens is 523 g/mol. The summed E-state index contributed by atoms with van der Waals surface area (Å²) in [4.78, 5) is 23.9. The van der Waals surface area contributed by atoms with Crippen molar-refractivity contribution >= 4 is 47.2 Å². The summed E-state index contributed by atoms with van der Waals surface area (Å²) in [6, 6.07) is 8.55. The van der Waals surface area contributed by atoms with Crippen LogP contribution in [0.5, 0.6) is 0 Å². The number of aryl methyl sites for hydroxylation is 2. The Kier molecular flexibility index (Phi) is 10.2. The van der Waals surface area contributed by atoms with Crippen LogP contribution in [0.3, 0.4) is 0 Å². The Morgan fingerprint density at radius 1 is 1.29 bits per heavy atom. The number of nitrogens with zero attached hydrogens (tertiary/aromatic N) is 3. The molecule has 4 N–H and O–H groups in total. The molecule has 1 saturated heterocycles. The van der Waals surface area contributed by atoms with Gasteiger partial charge in [0.15, 0.2) is 5.96 Å². The SMILES string of the molecule is CN=C(NCc1cccc(CN2CCCC(C(N)=O)C2)c1)NCc1sc(C)nc1C.I. The van der Waals surface area contributed by atoms with Gasteiger partial charge in [0.1, 0.15) is 0 Å². The van der Waals surface area contributed by atoms with Crippen LogP contribution in [0.4, 0.5) is 0 Å². The molecule has 0 aliphatic carbocycles. The van der Waals surface area contributed by atoms with Gasteiger partial charge in [-0.3, -0.25) is 14.7 Å². The molecule has 1 amide bonds. The average Bonchev–Trinajstić information content (AvgIpc) is 3.05. The van der Waals surface area contributed by atoms with Gasteiger partial charge in [-0.2, -0.15) is 0 Å². The molecule has 1 aromatic heterocycles. The molecule has 0 spiro atoms. The van der Waals surface area contributed by atoms with Crippen molar-refractivity contribution in [2.24, 2.45) is 16.6 Å². The Labute approximate surface area is 205 Å². The van der Waals surface area contributed by atoms with E-state index in [0.717, 1.165) is 49.1 Å². The molecule has 3 rings (SSSR count). The normalized spacial score (nSPS) is 17.1. The fraction of sp³-hybridized carbons (Fsp3) is 0.500. The van der Waals surface area contributed by atoms with Crippen LogP contribution in [0, 0.1) is 19.8 Å². The van der Waals surface area contributed by atoms with E-state index in [4.69, 9.17) is 5.73 Å². The van der Waals surface area contributed by atoms with E-state index in [1.807, 2.05) is 13.8 Å². The number of aromatic nitrogens is 1. The Morgan fingerprint density at radius 3 is 2.71 bits per heavy atom. The number of nitrogens with two attached hydrogens (primary N) is 1. The number of amides is 1. The number of hydrogen-bond acceptors (Lipinski definition) is 5. The summed E-state index contributed by atoms with van der Waals surface area (Å²) in [5.41, 5.74) is 9.02. The van der Waals surface area contributed by atoms with Crippen molar-refractivity contribution in [1.29, 1.82) is 0 Å². The molecule has 0 radical (unpaired) electrons. The molecule has 1 fully saturated rings. The lowest BCUT2D eigenvalue weighted by Crippen LogP contribution is -2.40. The van der Waals surface area contributed by atoms with Gasteiger partial charge in [0.2, 0.25) is 5.91 Å². The molecule has 1 unspecified atom stereocenters. The first-order valence-electron chi connectivity index (χ1n) is 10.4.